The zero-order valence-corrected chi connectivity index (χ0v) is 18.1. The molecule has 1 aliphatic heterocycles. The normalized spacial score (nSPS) is 16.3. The Morgan fingerprint density at radius 2 is 1.81 bits per heavy atom. The number of ether oxygens (including phenoxy) is 1. The second-order valence-electron chi connectivity index (χ2n) is 8.66. The number of rotatable bonds is 4. The first-order chi connectivity index (χ1) is 15.3. The van der Waals surface area contributed by atoms with Crippen LogP contribution in [0.4, 0.5) is 11.6 Å². The van der Waals surface area contributed by atoms with Crippen LogP contribution in [0.5, 0.6) is 0 Å². The van der Waals surface area contributed by atoms with E-state index in [4.69, 9.17) is 9.72 Å². The first kappa shape index (κ1) is 20.2. The predicted molar refractivity (Wildman–Crippen MR) is 123 cm³/mol. The number of benzene rings is 3. The number of para-hydroxylation sites is 1. The lowest BCUT2D eigenvalue weighted by molar-refractivity contribution is 0.00954. The molecule has 1 atom stereocenters. The minimum Gasteiger partial charge on any atom is -0.451 e. The Bertz CT molecular complexity index is 1350. The van der Waals surface area contributed by atoms with Crippen molar-refractivity contribution in [1.29, 1.82) is 0 Å². The largest absolute Gasteiger partial charge is 0.451 e. The summed E-state index contributed by atoms with van der Waals surface area (Å²) in [6.45, 7) is 5.50. The van der Waals surface area contributed by atoms with E-state index in [-0.39, 0.29) is 5.97 Å². The maximum atomic E-state index is 12.1. The number of hydrogen-bond acceptors (Lipinski definition) is 6. The number of carbonyl (C=O) groups excluding carboxylic acids is 1. The fourth-order valence-corrected chi connectivity index (χ4v) is 4.20. The Morgan fingerprint density at radius 3 is 2.59 bits per heavy atom. The highest BCUT2D eigenvalue weighted by Gasteiger charge is 2.37. The van der Waals surface area contributed by atoms with Gasteiger partial charge in [-0.2, -0.15) is 0 Å². The second kappa shape index (κ2) is 7.14. The molecule has 0 aliphatic carbocycles. The predicted octanol–water partition coefficient (Wildman–Crippen LogP) is 5.03. The van der Waals surface area contributed by atoms with Gasteiger partial charge in [0, 0.05) is 28.4 Å². The molecule has 0 fully saturated rings. The van der Waals surface area contributed by atoms with Crippen molar-refractivity contribution in [3.05, 3.63) is 95.2 Å². The van der Waals surface area contributed by atoms with Crippen molar-refractivity contribution < 1.29 is 14.6 Å². The molecule has 5 rings (SSSR count). The van der Waals surface area contributed by atoms with Gasteiger partial charge in [-0.1, -0.05) is 48.5 Å². The molecule has 1 aromatic heterocycles. The minimum absolute atomic E-state index is 0.314. The Hall–Kier alpha value is -3.77. The van der Waals surface area contributed by atoms with Crippen LogP contribution in [0.3, 0.4) is 0 Å². The van der Waals surface area contributed by atoms with Gasteiger partial charge in [0.1, 0.15) is 11.2 Å². The maximum absolute atomic E-state index is 12.1. The molecule has 2 heterocycles. The van der Waals surface area contributed by atoms with E-state index in [0.717, 1.165) is 22.2 Å². The van der Waals surface area contributed by atoms with E-state index in [0.29, 0.717) is 22.6 Å². The molecule has 0 bridgehead atoms. The number of esters is 1. The van der Waals surface area contributed by atoms with E-state index in [2.05, 4.69) is 10.3 Å². The third kappa shape index (κ3) is 3.29. The van der Waals surface area contributed by atoms with Crippen LogP contribution in [0.15, 0.2) is 72.9 Å². The van der Waals surface area contributed by atoms with Crippen molar-refractivity contribution in [3.63, 3.8) is 0 Å². The van der Waals surface area contributed by atoms with E-state index in [1.54, 1.807) is 25.3 Å². The number of fused-ring (bicyclic) bond motifs is 2. The fourth-order valence-electron chi connectivity index (χ4n) is 4.20. The number of aliphatic hydroxyl groups is 1. The average Bonchev–Trinajstić information content (AvgIpc) is 3.01. The number of nitrogens with one attached hydrogen (secondary N) is 1. The molecule has 160 valence electrons. The van der Waals surface area contributed by atoms with Crippen molar-refractivity contribution >= 4 is 28.5 Å². The summed E-state index contributed by atoms with van der Waals surface area (Å²) in [5.41, 5.74) is 2.38. The summed E-state index contributed by atoms with van der Waals surface area (Å²) in [6.07, 6.45) is 1.74. The Labute approximate surface area is 185 Å². The number of hydrogen-bond donors (Lipinski definition) is 2. The van der Waals surface area contributed by atoms with E-state index in [9.17, 15) is 9.90 Å². The number of carbonyl (C=O) groups is 1. The van der Waals surface area contributed by atoms with Crippen LogP contribution in [0.25, 0.3) is 10.9 Å². The van der Waals surface area contributed by atoms with Crippen LogP contribution in [0.1, 0.15) is 47.8 Å². The van der Waals surface area contributed by atoms with Crippen molar-refractivity contribution in [2.24, 2.45) is 0 Å². The van der Waals surface area contributed by atoms with Crippen molar-refractivity contribution in [3.8, 4) is 0 Å². The topological polar surface area (TPSA) is 84.3 Å². The number of nitrogens with zero attached hydrogens (tertiary/aromatic N) is 2. The van der Waals surface area contributed by atoms with Gasteiger partial charge in [0.05, 0.1) is 11.1 Å². The van der Waals surface area contributed by atoms with Gasteiger partial charge in [0.25, 0.3) is 0 Å². The molecule has 1 unspecified atom stereocenters. The molecule has 0 saturated heterocycles. The van der Waals surface area contributed by atoms with Gasteiger partial charge in [0.15, 0.2) is 0 Å². The summed E-state index contributed by atoms with van der Waals surface area (Å²) in [5, 5.41) is 15.5. The summed E-state index contributed by atoms with van der Waals surface area (Å²) in [7, 11) is 0. The van der Waals surface area contributed by atoms with Crippen LogP contribution >= 0.6 is 0 Å². The molecule has 0 radical (unpaired) electrons. The van der Waals surface area contributed by atoms with E-state index < -0.39 is 11.2 Å². The summed E-state index contributed by atoms with van der Waals surface area (Å²) < 4.78 is 5.45. The monoisotopic (exact) mass is 425 g/mol. The minimum atomic E-state index is -1.22. The molecule has 4 aromatic rings. The van der Waals surface area contributed by atoms with Gasteiger partial charge >= 0.3 is 5.97 Å². The quantitative estimate of drug-likeness (QED) is 0.446. The van der Waals surface area contributed by atoms with Crippen LogP contribution in [-0.2, 0) is 15.9 Å². The van der Waals surface area contributed by atoms with Gasteiger partial charge < -0.3 is 15.2 Å². The van der Waals surface area contributed by atoms with Gasteiger partial charge in [-0.15, -0.1) is 0 Å². The van der Waals surface area contributed by atoms with Crippen molar-refractivity contribution in [2.75, 3.05) is 5.32 Å². The lowest BCUT2D eigenvalue weighted by Crippen LogP contribution is -2.23. The number of cyclic esters (lactones) is 1. The third-order valence-electron chi connectivity index (χ3n) is 5.96. The lowest BCUT2D eigenvalue weighted by Gasteiger charge is -2.25. The highest BCUT2D eigenvalue weighted by atomic mass is 16.6. The smallest absolute Gasteiger partial charge is 0.339 e. The summed E-state index contributed by atoms with van der Waals surface area (Å²) in [5.74, 6) is 0.0862. The molecule has 6 heteroatoms. The zero-order chi connectivity index (χ0) is 22.5. The van der Waals surface area contributed by atoms with Crippen molar-refractivity contribution in [1.82, 2.24) is 9.97 Å². The first-order valence-electron chi connectivity index (χ1n) is 10.4. The van der Waals surface area contributed by atoms with Gasteiger partial charge in [0.2, 0.25) is 5.95 Å². The van der Waals surface area contributed by atoms with Crippen LogP contribution < -0.4 is 5.32 Å². The molecular formula is C26H23N3O3. The van der Waals surface area contributed by atoms with Crippen molar-refractivity contribution in [2.45, 2.75) is 32.0 Å². The van der Waals surface area contributed by atoms with E-state index in [1.807, 2.05) is 68.4 Å². The molecule has 3 aromatic carbocycles. The lowest BCUT2D eigenvalue weighted by atomic mass is 9.87. The molecule has 0 saturated carbocycles. The maximum Gasteiger partial charge on any atom is 0.339 e. The number of anilines is 2. The summed E-state index contributed by atoms with van der Waals surface area (Å²) in [4.78, 5) is 21.2. The second-order valence-corrected chi connectivity index (χ2v) is 8.66. The highest BCUT2D eigenvalue weighted by Crippen LogP contribution is 2.38. The Balaban J connectivity index is 1.55. The third-order valence-corrected chi connectivity index (χ3v) is 5.96. The SMILES string of the molecule is CC1(C)OC(=O)c2ccc(Nc3ncc4cccc(C(C)(O)c5ccccc5)c4n3)cc21. The molecular weight excluding hydrogens is 402 g/mol. The fraction of sp³-hybridized carbons (Fsp3) is 0.192. The van der Waals surface area contributed by atoms with Gasteiger partial charge in [-0.05, 0) is 44.5 Å². The molecule has 0 spiro atoms. The zero-order valence-electron chi connectivity index (χ0n) is 18.1. The summed E-state index contributed by atoms with van der Waals surface area (Å²) in [6, 6.07) is 20.7. The van der Waals surface area contributed by atoms with Gasteiger partial charge in [-0.3, -0.25) is 0 Å². The summed E-state index contributed by atoms with van der Waals surface area (Å²) >= 11 is 0. The molecule has 32 heavy (non-hydrogen) atoms. The van der Waals surface area contributed by atoms with Gasteiger partial charge in [-0.25, -0.2) is 14.8 Å². The van der Waals surface area contributed by atoms with E-state index >= 15 is 0 Å². The standard InChI is InChI=1S/C26H23N3O3/c1-25(2)21-14-18(12-13-19(21)23(30)32-25)28-24-27-15-16-8-7-11-20(22(16)29-24)26(3,31)17-9-5-4-6-10-17/h4-15,31H,1-3H3,(H,27,28,29). The number of aromatic nitrogens is 2. The molecule has 0 amide bonds. The van der Waals surface area contributed by atoms with Crippen LogP contribution in [0, 0.1) is 0 Å². The first-order valence-corrected chi connectivity index (χ1v) is 10.4. The molecule has 1 aliphatic rings. The Morgan fingerprint density at radius 1 is 1.03 bits per heavy atom. The highest BCUT2D eigenvalue weighted by molar-refractivity contribution is 5.95. The molecule has 6 nitrogen and oxygen atoms in total. The van der Waals surface area contributed by atoms with Crippen LogP contribution in [0.2, 0.25) is 0 Å². The van der Waals surface area contributed by atoms with Crippen LogP contribution in [-0.4, -0.2) is 21.0 Å². The molecule has 2 N–H and O–H groups in total. The van der Waals surface area contributed by atoms with E-state index in [1.165, 1.54) is 0 Å². The average molecular weight is 425 g/mol. The Kier molecular flexibility index (Phi) is 4.50.